The minimum absolute atomic E-state index is 0.157. The largest absolute Gasteiger partial charge is 0.354 e. The third-order valence-corrected chi connectivity index (χ3v) is 6.98. The van der Waals surface area contributed by atoms with E-state index in [1.54, 1.807) is 18.2 Å². The van der Waals surface area contributed by atoms with Gasteiger partial charge in [-0.05, 0) is 30.3 Å². The maximum absolute atomic E-state index is 13.2. The number of rotatable bonds is 5. The van der Waals surface area contributed by atoms with Crippen molar-refractivity contribution < 1.29 is 17.7 Å². The van der Waals surface area contributed by atoms with Crippen molar-refractivity contribution in [1.29, 1.82) is 0 Å². The van der Waals surface area contributed by atoms with Crippen LogP contribution in [0.15, 0.2) is 65.8 Å². The average Bonchev–Trinajstić information content (AvgIpc) is 2.80. The van der Waals surface area contributed by atoms with Crippen molar-refractivity contribution >= 4 is 21.5 Å². The molecule has 0 saturated carbocycles. The molecular weight excluding hydrogens is 425 g/mol. The first kappa shape index (κ1) is 20.8. The van der Waals surface area contributed by atoms with Crippen molar-refractivity contribution in [2.75, 3.05) is 31.1 Å². The number of nitrogens with zero attached hydrogens (tertiary/aromatic N) is 5. The summed E-state index contributed by atoms with van der Waals surface area (Å²) in [7, 11) is -4.00. The highest BCUT2D eigenvalue weighted by molar-refractivity contribution is 7.89. The van der Waals surface area contributed by atoms with Gasteiger partial charge in [0.2, 0.25) is 10.0 Å². The zero-order valence-corrected chi connectivity index (χ0v) is 17.1. The minimum Gasteiger partial charge on any atom is -0.354 e. The molecule has 0 bridgehead atoms. The third-order valence-electron chi connectivity index (χ3n) is 5.04. The molecule has 0 amide bonds. The molecule has 9 nitrogen and oxygen atoms in total. The van der Waals surface area contributed by atoms with Crippen LogP contribution >= 0.6 is 0 Å². The number of hydrogen-bond acceptors (Lipinski definition) is 7. The van der Waals surface area contributed by atoms with Crippen molar-refractivity contribution in [1.82, 2.24) is 14.3 Å². The number of para-hydroxylation sites is 1. The van der Waals surface area contributed by atoms with Gasteiger partial charge in [0, 0.05) is 43.9 Å². The summed E-state index contributed by atoms with van der Waals surface area (Å²) in [5.41, 5.74) is 0.923. The van der Waals surface area contributed by atoms with E-state index in [-0.39, 0.29) is 23.8 Å². The van der Waals surface area contributed by atoms with Crippen molar-refractivity contribution in [2.24, 2.45) is 0 Å². The lowest BCUT2D eigenvalue weighted by Crippen LogP contribution is -2.49. The molecule has 3 aromatic rings. The second-order valence-corrected chi connectivity index (χ2v) is 8.79. The van der Waals surface area contributed by atoms with Crippen LogP contribution < -0.4 is 4.90 Å². The van der Waals surface area contributed by atoms with Crippen LogP contribution in [0.25, 0.3) is 11.3 Å². The number of hydrogen-bond donors (Lipinski definition) is 0. The van der Waals surface area contributed by atoms with E-state index in [0.717, 1.165) is 5.56 Å². The van der Waals surface area contributed by atoms with Crippen LogP contribution in [0.4, 0.5) is 15.9 Å². The van der Waals surface area contributed by atoms with Gasteiger partial charge in [-0.1, -0.05) is 12.1 Å². The van der Waals surface area contributed by atoms with Crippen LogP contribution in [-0.2, 0) is 10.0 Å². The van der Waals surface area contributed by atoms with E-state index in [1.807, 2.05) is 4.90 Å². The van der Waals surface area contributed by atoms with Crippen LogP contribution in [0.5, 0.6) is 0 Å². The van der Waals surface area contributed by atoms with E-state index in [2.05, 4.69) is 9.97 Å². The lowest BCUT2D eigenvalue weighted by molar-refractivity contribution is -0.387. The fourth-order valence-corrected chi connectivity index (χ4v) is 5.00. The number of sulfonamides is 1. The molecule has 0 radical (unpaired) electrons. The van der Waals surface area contributed by atoms with Gasteiger partial charge in [-0.2, -0.15) is 4.31 Å². The molecule has 2 heterocycles. The first-order valence-electron chi connectivity index (χ1n) is 9.43. The lowest BCUT2D eigenvalue weighted by atomic mass is 10.1. The number of aromatic nitrogens is 2. The highest BCUT2D eigenvalue weighted by Crippen LogP contribution is 2.28. The predicted octanol–water partition coefficient (Wildman–Crippen LogP) is 2.70. The van der Waals surface area contributed by atoms with Crippen LogP contribution in [0.2, 0.25) is 0 Å². The summed E-state index contributed by atoms with van der Waals surface area (Å²) in [6, 6.07) is 13.0. The Balaban J connectivity index is 1.51. The molecule has 31 heavy (non-hydrogen) atoms. The Kier molecular flexibility index (Phi) is 5.61. The molecule has 0 unspecified atom stereocenters. The zero-order chi connectivity index (χ0) is 22.0. The van der Waals surface area contributed by atoms with Gasteiger partial charge >= 0.3 is 0 Å². The first-order valence-corrected chi connectivity index (χ1v) is 10.9. The van der Waals surface area contributed by atoms with Crippen LogP contribution in [-0.4, -0.2) is 53.8 Å². The fraction of sp³-hybridized carbons (Fsp3) is 0.200. The molecular formula is C20H18FN5O4S. The highest BCUT2D eigenvalue weighted by Gasteiger charge is 2.33. The maximum atomic E-state index is 13.2. The van der Waals surface area contributed by atoms with E-state index in [4.69, 9.17) is 0 Å². The molecule has 1 aliphatic heterocycles. The Morgan fingerprint density at radius 3 is 2.32 bits per heavy atom. The monoisotopic (exact) mass is 443 g/mol. The Morgan fingerprint density at radius 2 is 1.65 bits per heavy atom. The van der Waals surface area contributed by atoms with Gasteiger partial charge in [0.25, 0.3) is 5.69 Å². The number of anilines is 1. The molecule has 0 N–H and O–H groups in total. The van der Waals surface area contributed by atoms with Crippen molar-refractivity contribution in [3.8, 4) is 11.3 Å². The molecule has 0 spiro atoms. The molecule has 2 aromatic carbocycles. The van der Waals surface area contributed by atoms with Gasteiger partial charge in [-0.25, -0.2) is 22.8 Å². The van der Waals surface area contributed by atoms with E-state index in [9.17, 15) is 22.9 Å². The number of nitro benzene ring substituents is 1. The summed E-state index contributed by atoms with van der Waals surface area (Å²) in [5.74, 6) is 0.283. The predicted molar refractivity (Wildman–Crippen MR) is 111 cm³/mol. The highest BCUT2D eigenvalue weighted by atomic mass is 32.2. The summed E-state index contributed by atoms with van der Waals surface area (Å²) >= 11 is 0. The van der Waals surface area contributed by atoms with E-state index < -0.39 is 20.6 Å². The Morgan fingerprint density at radius 1 is 0.968 bits per heavy atom. The smallest absolute Gasteiger partial charge is 0.289 e. The number of halogens is 1. The molecule has 1 saturated heterocycles. The topological polar surface area (TPSA) is 110 Å². The van der Waals surface area contributed by atoms with Gasteiger partial charge in [0.05, 0.1) is 10.6 Å². The first-order chi connectivity index (χ1) is 14.9. The summed E-state index contributed by atoms with van der Waals surface area (Å²) in [6.07, 6.45) is 1.41. The molecule has 1 aromatic heterocycles. The van der Waals surface area contributed by atoms with Crippen molar-refractivity contribution in [3.63, 3.8) is 0 Å². The molecule has 1 fully saturated rings. The van der Waals surface area contributed by atoms with Gasteiger partial charge in [-0.15, -0.1) is 0 Å². The molecule has 1 aliphatic rings. The minimum atomic E-state index is -4.00. The Labute approximate surface area is 178 Å². The van der Waals surface area contributed by atoms with Crippen molar-refractivity contribution in [2.45, 2.75) is 4.90 Å². The quantitative estimate of drug-likeness (QED) is 0.440. The number of nitro groups is 1. The summed E-state index contributed by atoms with van der Waals surface area (Å²) in [6.45, 7) is 1.04. The SMILES string of the molecule is O=[N+]([O-])c1ccccc1S(=O)(=O)N1CCN(c2cc(-c3ccc(F)cc3)ncn2)CC1. The average molecular weight is 443 g/mol. The molecule has 4 rings (SSSR count). The molecule has 160 valence electrons. The van der Waals surface area contributed by atoms with E-state index in [0.29, 0.717) is 24.6 Å². The number of benzene rings is 2. The van der Waals surface area contributed by atoms with Crippen molar-refractivity contribution in [3.05, 3.63) is 76.9 Å². The Bertz CT molecular complexity index is 1210. The van der Waals surface area contributed by atoms with Crippen LogP contribution in [0.1, 0.15) is 0 Å². The number of piperazine rings is 1. The second kappa shape index (κ2) is 8.36. The molecule has 0 atom stereocenters. The van der Waals surface area contributed by atoms with Crippen LogP contribution in [0.3, 0.4) is 0 Å². The summed E-state index contributed by atoms with van der Waals surface area (Å²) < 4.78 is 40.3. The fourth-order valence-electron chi connectivity index (χ4n) is 3.42. The lowest BCUT2D eigenvalue weighted by Gasteiger charge is -2.34. The maximum Gasteiger partial charge on any atom is 0.289 e. The van der Waals surface area contributed by atoms with E-state index in [1.165, 1.54) is 47.0 Å². The third kappa shape index (κ3) is 4.23. The zero-order valence-electron chi connectivity index (χ0n) is 16.3. The van der Waals surface area contributed by atoms with Gasteiger partial charge in [0.1, 0.15) is 18.0 Å². The molecule has 11 heteroatoms. The van der Waals surface area contributed by atoms with Crippen LogP contribution in [0, 0.1) is 15.9 Å². The second-order valence-electron chi connectivity index (χ2n) is 6.88. The molecule has 0 aliphatic carbocycles. The van der Waals surface area contributed by atoms with Gasteiger partial charge < -0.3 is 4.90 Å². The standard InChI is InChI=1S/C20H18FN5O4S/c21-16-7-5-15(6-8-16)17-13-20(23-14-22-17)24-9-11-25(12-10-24)31(29,30)19-4-2-1-3-18(19)26(27)28/h1-8,13-14H,9-12H2. The summed E-state index contributed by atoms with van der Waals surface area (Å²) in [4.78, 5) is 20.6. The van der Waals surface area contributed by atoms with Gasteiger partial charge in [-0.3, -0.25) is 10.1 Å². The van der Waals surface area contributed by atoms with Gasteiger partial charge in [0.15, 0.2) is 4.90 Å². The summed E-state index contributed by atoms with van der Waals surface area (Å²) in [5, 5.41) is 11.2. The van der Waals surface area contributed by atoms with E-state index >= 15 is 0 Å². The Hall–Kier alpha value is -3.44. The normalized spacial score (nSPS) is 15.1.